The lowest BCUT2D eigenvalue weighted by atomic mass is 10.2. The molecule has 1 amide bonds. The van der Waals surface area contributed by atoms with Crippen LogP contribution in [-0.2, 0) is 22.4 Å². The predicted molar refractivity (Wildman–Crippen MR) is 75.0 cm³/mol. The number of likely N-dealkylation sites (tertiary alicyclic amines) is 1. The van der Waals surface area contributed by atoms with Crippen molar-refractivity contribution in [1.29, 1.82) is 0 Å². The number of anilines is 1. The largest absolute Gasteiger partial charge is 0.480 e. The molecule has 20 heavy (non-hydrogen) atoms. The van der Waals surface area contributed by atoms with Gasteiger partial charge in [-0.1, -0.05) is 0 Å². The van der Waals surface area contributed by atoms with E-state index in [1.165, 1.54) is 16.2 Å². The first-order valence-electron chi connectivity index (χ1n) is 6.89. The molecule has 1 aliphatic carbocycles. The van der Waals surface area contributed by atoms with Crippen LogP contribution in [-0.4, -0.2) is 46.0 Å². The third-order valence-electron chi connectivity index (χ3n) is 3.84. The number of rotatable bonds is 4. The quantitative estimate of drug-likeness (QED) is 0.870. The molecular weight excluding hydrogens is 278 g/mol. The van der Waals surface area contributed by atoms with E-state index in [9.17, 15) is 9.59 Å². The summed E-state index contributed by atoms with van der Waals surface area (Å²) in [5.74, 6) is -1.02. The van der Waals surface area contributed by atoms with Crippen molar-refractivity contribution in [1.82, 2.24) is 9.88 Å². The van der Waals surface area contributed by atoms with Crippen molar-refractivity contribution in [2.45, 2.75) is 38.1 Å². The van der Waals surface area contributed by atoms with E-state index in [0.29, 0.717) is 18.1 Å². The van der Waals surface area contributed by atoms with Crippen LogP contribution < -0.4 is 5.32 Å². The average Bonchev–Trinajstić information content (AvgIpc) is 3.03. The van der Waals surface area contributed by atoms with Gasteiger partial charge in [0.2, 0.25) is 5.91 Å². The Hall–Kier alpha value is -1.47. The van der Waals surface area contributed by atoms with Crippen molar-refractivity contribution in [3.8, 4) is 0 Å². The molecule has 1 fully saturated rings. The highest BCUT2D eigenvalue weighted by molar-refractivity contribution is 7.15. The number of hydrogen-bond acceptors (Lipinski definition) is 5. The van der Waals surface area contributed by atoms with Crippen molar-refractivity contribution in [2.75, 3.05) is 18.4 Å². The number of fused-ring (bicyclic) bond motifs is 1. The molecule has 1 aromatic heterocycles. The van der Waals surface area contributed by atoms with Crippen molar-refractivity contribution < 1.29 is 14.7 Å². The highest BCUT2D eigenvalue weighted by atomic mass is 32.1. The number of carboxylic acid groups (broad SMARTS) is 1. The fourth-order valence-electron chi connectivity index (χ4n) is 2.88. The minimum atomic E-state index is -0.844. The average molecular weight is 295 g/mol. The standard InChI is InChI=1S/C13H17N3O3S/c17-11(7-16-6-2-4-9(16)12(18)19)15-13-14-8-3-1-5-10(8)20-13/h9H,1-7H2,(H,18,19)(H,14,15,17)/t9-/m1/s1. The zero-order valence-corrected chi connectivity index (χ0v) is 11.9. The van der Waals surface area contributed by atoms with Crippen molar-refractivity contribution >= 4 is 28.3 Å². The Morgan fingerprint density at radius 2 is 2.25 bits per heavy atom. The van der Waals surface area contributed by atoms with Crippen LogP contribution >= 0.6 is 11.3 Å². The zero-order chi connectivity index (χ0) is 14.1. The number of carboxylic acids is 1. The topological polar surface area (TPSA) is 82.5 Å². The number of nitrogens with one attached hydrogen (secondary N) is 1. The first-order valence-corrected chi connectivity index (χ1v) is 7.70. The lowest BCUT2D eigenvalue weighted by molar-refractivity contribution is -0.142. The van der Waals surface area contributed by atoms with E-state index >= 15 is 0 Å². The minimum Gasteiger partial charge on any atom is -0.480 e. The van der Waals surface area contributed by atoms with Gasteiger partial charge in [0, 0.05) is 4.88 Å². The second-order valence-electron chi connectivity index (χ2n) is 5.26. The summed E-state index contributed by atoms with van der Waals surface area (Å²) in [6, 6.07) is -0.526. The summed E-state index contributed by atoms with van der Waals surface area (Å²) >= 11 is 1.54. The molecule has 0 bridgehead atoms. The molecule has 108 valence electrons. The highest BCUT2D eigenvalue weighted by Crippen LogP contribution is 2.30. The Morgan fingerprint density at radius 3 is 3.00 bits per heavy atom. The maximum absolute atomic E-state index is 12.0. The van der Waals surface area contributed by atoms with E-state index in [1.54, 1.807) is 4.90 Å². The number of carbonyl (C=O) groups excluding carboxylic acids is 1. The van der Waals surface area contributed by atoms with Gasteiger partial charge in [-0.15, -0.1) is 11.3 Å². The van der Waals surface area contributed by atoms with Crippen molar-refractivity contribution in [3.05, 3.63) is 10.6 Å². The van der Waals surface area contributed by atoms with Crippen LogP contribution in [0.25, 0.3) is 0 Å². The van der Waals surface area contributed by atoms with Crippen molar-refractivity contribution in [3.63, 3.8) is 0 Å². The summed E-state index contributed by atoms with van der Waals surface area (Å²) < 4.78 is 0. The molecule has 1 atom stereocenters. The molecule has 2 aliphatic rings. The minimum absolute atomic E-state index is 0.126. The molecule has 0 spiro atoms. The van der Waals surface area contributed by atoms with Crippen LogP contribution in [0.2, 0.25) is 0 Å². The van der Waals surface area contributed by atoms with Crippen LogP contribution in [0.3, 0.4) is 0 Å². The summed E-state index contributed by atoms with van der Waals surface area (Å²) in [7, 11) is 0. The second kappa shape index (κ2) is 5.49. The molecule has 0 radical (unpaired) electrons. The van der Waals surface area contributed by atoms with Crippen LogP contribution in [0.5, 0.6) is 0 Å². The molecule has 3 rings (SSSR count). The third-order valence-corrected chi connectivity index (χ3v) is 4.91. The maximum Gasteiger partial charge on any atom is 0.320 e. The van der Waals surface area contributed by atoms with Gasteiger partial charge in [0.25, 0.3) is 0 Å². The SMILES string of the molecule is O=C(CN1CCC[C@@H]1C(=O)O)Nc1nc2c(s1)CCC2. The smallest absolute Gasteiger partial charge is 0.320 e. The molecule has 0 unspecified atom stereocenters. The lowest BCUT2D eigenvalue weighted by Crippen LogP contribution is -2.40. The van der Waals surface area contributed by atoms with Crippen LogP contribution in [0.1, 0.15) is 29.8 Å². The van der Waals surface area contributed by atoms with Crippen LogP contribution in [0.4, 0.5) is 5.13 Å². The van der Waals surface area contributed by atoms with E-state index in [0.717, 1.165) is 31.4 Å². The Labute approximate surface area is 120 Å². The van der Waals surface area contributed by atoms with E-state index in [-0.39, 0.29) is 12.5 Å². The van der Waals surface area contributed by atoms with E-state index in [2.05, 4.69) is 10.3 Å². The third kappa shape index (κ3) is 2.69. The van der Waals surface area contributed by atoms with Crippen LogP contribution in [0, 0.1) is 0 Å². The summed E-state index contributed by atoms with van der Waals surface area (Å²) in [6.07, 6.45) is 4.64. The van der Waals surface area contributed by atoms with Gasteiger partial charge in [-0.3, -0.25) is 14.5 Å². The number of hydrogen-bond donors (Lipinski definition) is 2. The van der Waals surface area contributed by atoms with Gasteiger partial charge in [-0.25, -0.2) is 4.98 Å². The maximum atomic E-state index is 12.0. The molecular formula is C13H17N3O3S. The zero-order valence-electron chi connectivity index (χ0n) is 11.1. The van der Waals surface area contributed by atoms with E-state index in [4.69, 9.17) is 5.11 Å². The molecule has 7 heteroatoms. The fourth-order valence-corrected chi connectivity index (χ4v) is 3.95. The Bertz CT molecular complexity index is 521. The number of carbonyl (C=O) groups is 2. The van der Waals surface area contributed by atoms with E-state index < -0.39 is 12.0 Å². The van der Waals surface area contributed by atoms with Gasteiger partial charge < -0.3 is 10.4 Å². The summed E-state index contributed by atoms with van der Waals surface area (Å²) in [4.78, 5) is 30.4. The fraction of sp³-hybridized carbons (Fsp3) is 0.615. The van der Waals surface area contributed by atoms with Gasteiger partial charge in [0.1, 0.15) is 6.04 Å². The molecule has 0 saturated carbocycles. The number of aromatic nitrogens is 1. The molecule has 2 N–H and O–H groups in total. The van der Waals surface area contributed by atoms with Gasteiger partial charge in [0.05, 0.1) is 12.2 Å². The van der Waals surface area contributed by atoms with Gasteiger partial charge >= 0.3 is 5.97 Å². The first-order chi connectivity index (χ1) is 9.63. The molecule has 2 heterocycles. The summed E-state index contributed by atoms with van der Waals surface area (Å²) in [6.45, 7) is 0.792. The Morgan fingerprint density at radius 1 is 1.40 bits per heavy atom. The lowest BCUT2D eigenvalue weighted by Gasteiger charge is -2.19. The molecule has 1 aliphatic heterocycles. The summed E-state index contributed by atoms with van der Waals surface area (Å²) in [5, 5.41) is 12.5. The monoisotopic (exact) mass is 295 g/mol. The van der Waals surface area contributed by atoms with E-state index in [1.807, 2.05) is 0 Å². The number of aliphatic carboxylic acids is 1. The first kappa shape index (κ1) is 13.5. The number of thiazole rings is 1. The van der Waals surface area contributed by atoms with Gasteiger partial charge in [-0.2, -0.15) is 0 Å². The Balaban J connectivity index is 1.58. The van der Waals surface area contributed by atoms with Crippen LogP contribution in [0.15, 0.2) is 0 Å². The van der Waals surface area contributed by atoms with Gasteiger partial charge in [-0.05, 0) is 38.6 Å². The van der Waals surface area contributed by atoms with Gasteiger partial charge in [0.15, 0.2) is 5.13 Å². The number of nitrogens with zero attached hydrogens (tertiary/aromatic N) is 2. The summed E-state index contributed by atoms with van der Waals surface area (Å²) in [5.41, 5.74) is 1.11. The molecule has 1 saturated heterocycles. The number of aryl methyl sites for hydroxylation is 2. The predicted octanol–water partition coefficient (Wildman–Crippen LogP) is 1.12. The Kier molecular flexibility index (Phi) is 3.71. The number of amides is 1. The van der Waals surface area contributed by atoms with Crippen molar-refractivity contribution in [2.24, 2.45) is 0 Å². The molecule has 0 aromatic carbocycles. The molecule has 6 nitrogen and oxygen atoms in total. The normalized spacial score (nSPS) is 21.9. The second-order valence-corrected chi connectivity index (χ2v) is 6.34. The highest BCUT2D eigenvalue weighted by Gasteiger charge is 2.31. The molecule has 1 aromatic rings.